The monoisotopic (exact) mass is 341 g/mol. The van der Waals surface area contributed by atoms with Crippen LogP contribution in [0.15, 0.2) is 22.7 Å². The number of hydrogen-bond acceptors (Lipinski definition) is 3. The van der Waals surface area contributed by atoms with Gasteiger partial charge in [-0.2, -0.15) is 0 Å². The fourth-order valence-corrected chi connectivity index (χ4v) is 2.64. The summed E-state index contributed by atoms with van der Waals surface area (Å²) in [6.45, 7) is 6.40. The number of carbonyl (C=O) groups excluding carboxylic acids is 1. The molecule has 2 N–H and O–H groups in total. The highest BCUT2D eigenvalue weighted by molar-refractivity contribution is 9.10. The number of ketones is 1. The fourth-order valence-electron chi connectivity index (χ4n) is 2.25. The molecule has 0 saturated heterocycles. The van der Waals surface area contributed by atoms with Crippen LogP contribution in [0.1, 0.15) is 39.2 Å². The summed E-state index contributed by atoms with van der Waals surface area (Å²) in [5, 5.41) is 0. The van der Waals surface area contributed by atoms with E-state index in [0.29, 0.717) is 12.8 Å². The van der Waals surface area contributed by atoms with E-state index in [1.165, 1.54) is 0 Å². The van der Waals surface area contributed by atoms with Gasteiger partial charge in [0, 0.05) is 23.4 Å². The van der Waals surface area contributed by atoms with Gasteiger partial charge in [-0.3, -0.25) is 4.79 Å². The van der Waals surface area contributed by atoms with Crippen molar-refractivity contribution in [3.63, 3.8) is 0 Å². The zero-order chi connectivity index (χ0) is 15.3. The predicted octanol–water partition coefficient (Wildman–Crippen LogP) is 3.72. The van der Waals surface area contributed by atoms with Gasteiger partial charge in [0.25, 0.3) is 0 Å². The first-order valence-corrected chi connectivity index (χ1v) is 7.60. The minimum atomic E-state index is -0.0770. The van der Waals surface area contributed by atoms with Gasteiger partial charge in [0.2, 0.25) is 0 Å². The van der Waals surface area contributed by atoms with Crippen LogP contribution in [0.2, 0.25) is 0 Å². The van der Waals surface area contributed by atoms with Crippen molar-refractivity contribution >= 4 is 21.7 Å². The Bertz CT molecular complexity index is 466. The van der Waals surface area contributed by atoms with E-state index in [9.17, 15) is 4.79 Å². The van der Waals surface area contributed by atoms with Gasteiger partial charge in [0.15, 0.2) is 0 Å². The molecule has 1 unspecified atom stereocenters. The van der Waals surface area contributed by atoms with Gasteiger partial charge in [-0.1, -0.05) is 36.7 Å². The maximum absolute atomic E-state index is 12.1. The Labute approximate surface area is 130 Å². The van der Waals surface area contributed by atoms with Crippen LogP contribution in [0.4, 0.5) is 0 Å². The summed E-state index contributed by atoms with van der Waals surface area (Å²) in [7, 11) is 1.62. The van der Waals surface area contributed by atoms with Gasteiger partial charge >= 0.3 is 0 Å². The van der Waals surface area contributed by atoms with E-state index < -0.39 is 0 Å². The van der Waals surface area contributed by atoms with E-state index in [-0.39, 0.29) is 17.2 Å². The Morgan fingerprint density at radius 1 is 1.40 bits per heavy atom. The van der Waals surface area contributed by atoms with Crippen LogP contribution in [0.5, 0.6) is 5.75 Å². The van der Waals surface area contributed by atoms with Crippen LogP contribution >= 0.6 is 15.9 Å². The van der Waals surface area contributed by atoms with Crippen LogP contribution in [0, 0.1) is 5.41 Å². The molecule has 20 heavy (non-hydrogen) atoms. The SMILES string of the molecule is COc1ccc(Br)c(CC(=O)CC(N)CC(C)(C)C)c1. The highest BCUT2D eigenvalue weighted by Crippen LogP contribution is 2.25. The molecule has 0 spiro atoms. The number of Topliss-reactive ketones (excluding diaryl/α,β-unsaturated/α-hetero) is 1. The average molecular weight is 342 g/mol. The summed E-state index contributed by atoms with van der Waals surface area (Å²) in [4.78, 5) is 12.1. The lowest BCUT2D eigenvalue weighted by Gasteiger charge is -2.22. The molecule has 1 aromatic rings. The minimum Gasteiger partial charge on any atom is -0.497 e. The second-order valence-electron chi connectivity index (χ2n) is 6.40. The van der Waals surface area contributed by atoms with E-state index in [0.717, 1.165) is 22.2 Å². The summed E-state index contributed by atoms with van der Waals surface area (Å²) in [5.74, 6) is 0.922. The highest BCUT2D eigenvalue weighted by Gasteiger charge is 2.18. The number of carbonyl (C=O) groups is 1. The lowest BCUT2D eigenvalue weighted by Crippen LogP contribution is -2.29. The number of halogens is 1. The van der Waals surface area contributed by atoms with Crippen molar-refractivity contribution in [2.45, 2.75) is 46.1 Å². The van der Waals surface area contributed by atoms with Gasteiger partial charge < -0.3 is 10.5 Å². The van der Waals surface area contributed by atoms with Crippen molar-refractivity contribution in [3.05, 3.63) is 28.2 Å². The summed E-state index contributed by atoms with van der Waals surface area (Å²) >= 11 is 3.46. The standard InChI is InChI=1S/C16H24BrNO2/c1-16(2,3)10-12(18)9-13(19)7-11-8-14(20-4)5-6-15(11)17/h5-6,8,12H,7,9-10,18H2,1-4H3. The number of methoxy groups -OCH3 is 1. The van der Waals surface area contributed by atoms with Crippen molar-refractivity contribution in [2.75, 3.05) is 7.11 Å². The Balaban J connectivity index is 2.62. The quantitative estimate of drug-likeness (QED) is 0.857. The Morgan fingerprint density at radius 2 is 2.05 bits per heavy atom. The number of hydrogen-bond donors (Lipinski definition) is 1. The predicted molar refractivity (Wildman–Crippen MR) is 86.1 cm³/mol. The molecular weight excluding hydrogens is 318 g/mol. The third kappa shape index (κ3) is 6.06. The minimum absolute atomic E-state index is 0.0770. The average Bonchev–Trinajstić information content (AvgIpc) is 2.29. The zero-order valence-electron chi connectivity index (χ0n) is 12.7. The van der Waals surface area contributed by atoms with Crippen LogP contribution < -0.4 is 10.5 Å². The molecule has 112 valence electrons. The lowest BCUT2D eigenvalue weighted by atomic mass is 9.86. The van der Waals surface area contributed by atoms with Crippen molar-refractivity contribution < 1.29 is 9.53 Å². The van der Waals surface area contributed by atoms with Gasteiger partial charge in [-0.15, -0.1) is 0 Å². The molecule has 0 radical (unpaired) electrons. The van der Waals surface area contributed by atoms with E-state index in [1.54, 1.807) is 7.11 Å². The second-order valence-corrected chi connectivity index (χ2v) is 7.26. The molecule has 0 fully saturated rings. The smallest absolute Gasteiger partial charge is 0.138 e. The van der Waals surface area contributed by atoms with E-state index >= 15 is 0 Å². The first kappa shape index (κ1) is 17.2. The molecule has 1 aromatic carbocycles. The molecule has 0 saturated carbocycles. The van der Waals surface area contributed by atoms with Crippen LogP contribution in [-0.2, 0) is 11.2 Å². The van der Waals surface area contributed by atoms with Gasteiger partial charge in [0.05, 0.1) is 7.11 Å². The van der Waals surface area contributed by atoms with Crippen molar-refractivity contribution in [3.8, 4) is 5.75 Å². The van der Waals surface area contributed by atoms with E-state index in [1.807, 2.05) is 18.2 Å². The summed E-state index contributed by atoms with van der Waals surface area (Å²) < 4.78 is 6.11. The second kappa shape index (κ2) is 7.23. The number of nitrogens with two attached hydrogens (primary N) is 1. The fraction of sp³-hybridized carbons (Fsp3) is 0.562. The summed E-state index contributed by atoms with van der Waals surface area (Å²) in [6.07, 6.45) is 1.65. The number of ether oxygens (including phenoxy) is 1. The molecule has 0 aliphatic heterocycles. The van der Waals surface area contributed by atoms with Crippen LogP contribution in [0.3, 0.4) is 0 Å². The van der Waals surface area contributed by atoms with Gasteiger partial charge in [0.1, 0.15) is 11.5 Å². The maximum Gasteiger partial charge on any atom is 0.138 e. The third-order valence-electron chi connectivity index (χ3n) is 3.00. The van der Waals surface area contributed by atoms with Gasteiger partial charge in [-0.05, 0) is 35.6 Å². The van der Waals surface area contributed by atoms with Crippen LogP contribution in [0.25, 0.3) is 0 Å². The molecule has 0 aliphatic rings. The summed E-state index contributed by atoms with van der Waals surface area (Å²) in [6, 6.07) is 5.57. The topological polar surface area (TPSA) is 52.3 Å². The molecule has 1 atom stereocenters. The molecule has 0 heterocycles. The molecule has 0 aromatic heterocycles. The van der Waals surface area contributed by atoms with Gasteiger partial charge in [-0.25, -0.2) is 0 Å². The van der Waals surface area contributed by atoms with E-state index in [2.05, 4.69) is 36.7 Å². The molecule has 1 rings (SSSR count). The number of benzene rings is 1. The molecule has 0 bridgehead atoms. The molecule has 0 amide bonds. The van der Waals surface area contributed by atoms with Crippen molar-refractivity contribution in [1.82, 2.24) is 0 Å². The maximum atomic E-state index is 12.1. The largest absolute Gasteiger partial charge is 0.497 e. The van der Waals surface area contributed by atoms with E-state index in [4.69, 9.17) is 10.5 Å². The molecular formula is C16H24BrNO2. The van der Waals surface area contributed by atoms with Crippen LogP contribution in [-0.4, -0.2) is 18.9 Å². The van der Waals surface area contributed by atoms with Crippen molar-refractivity contribution in [2.24, 2.45) is 11.1 Å². The number of rotatable bonds is 6. The third-order valence-corrected chi connectivity index (χ3v) is 3.78. The Kier molecular flexibility index (Phi) is 6.21. The summed E-state index contributed by atoms with van der Waals surface area (Å²) in [5.41, 5.74) is 7.14. The molecule has 4 heteroatoms. The highest BCUT2D eigenvalue weighted by atomic mass is 79.9. The first-order valence-electron chi connectivity index (χ1n) is 6.81. The normalized spacial score (nSPS) is 13.1. The molecule has 0 aliphatic carbocycles. The Morgan fingerprint density at radius 3 is 2.60 bits per heavy atom. The van der Waals surface area contributed by atoms with Crippen molar-refractivity contribution in [1.29, 1.82) is 0 Å². The zero-order valence-corrected chi connectivity index (χ0v) is 14.3. The Hall–Kier alpha value is -0.870. The first-order chi connectivity index (χ1) is 9.21. The molecule has 3 nitrogen and oxygen atoms in total. The lowest BCUT2D eigenvalue weighted by molar-refractivity contribution is -0.118.